The molecule has 0 bridgehead atoms. The first-order chi connectivity index (χ1) is 27.3. The van der Waals surface area contributed by atoms with Crippen molar-refractivity contribution in [2.24, 2.45) is 0 Å². The number of benzene rings is 4. The topological polar surface area (TPSA) is 120 Å². The van der Waals surface area contributed by atoms with Crippen molar-refractivity contribution in [3.8, 4) is 34.3 Å². The van der Waals surface area contributed by atoms with Crippen molar-refractivity contribution in [3.63, 3.8) is 0 Å². The van der Waals surface area contributed by atoms with E-state index in [1.54, 1.807) is 0 Å². The van der Waals surface area contributed by atoms with Gasteiger partial charge in [-0.05, 0) is 59.7 Å². The molecule has 2 N–H and O–H groups in total. The lowest BCUT2D eigenvalue weighted by atomic mass is 10.1. The van der Waals surface area contributed by atoms with Crippen LogP contribution in [-0.4, -0.2) is 36.9 Å². The van der Waals surface area contributed by atoms with E-state index in [-0.39, 0.29) is 0 Å². The Morgan fingerprint density at radius 3 is 1.31 bits per heavy atom. The van der Waals surface area contributed by atoms with Gasteiger partial charge in [0.1, 0.15) is 24.7 Å². The average Bonchev–Trinajstić information content (AvgIpc) is 3.77. The Hall–Kier alpha value is -5.58. The summed E-state index contributed by atoms with van der Waals surface area (Å²) in [5, 5.41) is 23.5. The van der Waals surface area contributed by atoms with Gasteiger partial charge in [0, 0.05) is 43.7 Å². The Balaban J connectivity index is 0.000000251. The molecule has 0 fully saturated rings. The number of hydrogen-bond donors (Lipinski definition) is 2. The zero-order chi connectivity index (χ0) is 39.7. The highest BCUT2D eigenvalue weighted by molar-refractivity contribution is 5.57. The van der Waals surface area contributed by atoms with Gasteiger partial charge in [-0.3, -0.25) is 0 Å². The first-order valence-corrected chi connectivity index (χ1v) is 19.7. The molecule has 0 atom stereocenters. The van der Waals surface area contributed by atoms with Gasteiger partial charge >= 0.3 is 0 Å². The van der Waals surface area contributed by atoms with Crippen LogP contribution in [0, 0.1) is 0 Å². The largest absolute Gasteiger partial charge is 0.489 e. The fraction of sp³-hybridized carbons (Fsp3) is 0.333. The Bertz CT molecular complexity index is 1910. The minimum atomic E-state index is 0.558. The van der Waals surface area contributed by atoms with Crippen LogP contribution in [0.5, 0.6) is 11.5 Å². The van der Waals surface area contributed by atoms with E-state index in [2.05, 4.69) is 53.1 Å². The highest BCUT2D eigenvalue weighted by Gasteiger charge is 2.16. The maximum absolute atomic E-state index is 5.81. The summed E-state index contributed by atoms with van der Waals surface area (Å²) < 4.78 is 11.6. The number of aromatic nitrogens is 6. The first kappa shape index (κ1) is 43.8. The zero-order valence-electron chi connectivity index (χ0n) is 33.8. The summed E-state index contributed by atoms with van der Waals surface area (Å²) in [7, 11) is 0. The van der Waals surface area contributed by atoms with Crippen LogP contribution in [0.2, 0.25) is 0 Å². The molecule has 8 rings (SSSR count). The minimum absolute atomic E-state index is 0.558. The molecule has 2 aliphatic heterocycles. The highest BCUT2D eigenvalue weighted by Crippen LogP contribution is 2.23. The number of hydrogen-bond acceptors (Lipinski definition) is 10. The van der Waals surface area contributed by atoms with E-state index in [0.29, 0.717) is 24.9 Å². The standard InChI is InChI=1S/C19H18N4O.C18H16N4O.4C2H6/c1-2-4-14(5-3-1)13-24-16-8-6-15(7-9-16)19-21-17-10-11-20-12-18(17)22-23-19;1-2-4-13(5-3-1)12-23-15-8-6-14(7-9-15)18-20-16-10-19-11-17(16)21-22-18;4*1-2/h1-9,20H,10-13H2;1-9,19H,10-12H2;4*1-2H3. The molecular weight excluding hydrogens is 685 g/mol. The van der Waals surface area contributed by atoms with Gasteiger partial charge in [0.2, 0.25) is 0 Å². The molecule has 6 aromatic rings. The van der Waals surface area contributed by atoms with E-state index >= 15 is 0 Å². The predicted molar refractivity (Wildman–Crippen MR) is 223 cm³/mol. The third kappa shape index (κ3) is 13.7. The van der Waals surface area contributed by atoms with Gasteiger partial charge in [-0.2, -0.15) is 10.2 Å². The normalized spacial score (nSPS) is 11.6. The Kier molecular flexibility index (Phi) is 20.3. The van der Waals surface area contributed by atoms with Crippen LogP contribution in [-0.2, 0) is 39.3 Å². The number of nitrogens with zero attached hydrogens (tertiary/aromatic N) is 6. The SMILES string of the molecule is CC.CC.CC.CC.c1ccc(COc2ccc(-c3nnc4c(n3)CCNC4)cc2)cc1.c1ccc(COc2ccc(-c3nnc4c(n3)CNC4)cc2)cc1. The van der Waals surface area contributed by atoms with E-state index in [1.165, 1.54) is 0 Å². The van der Waals surface area contributed by atoms with Crippen molar-refractivity contribution in [2.75, 3.05) is 6.54 Å². The van der Waals surface area contributed by atoms with Crippen LogP contribution in [0.3, 0.4) is 0 Å². The number of rotatable bonds is 8. The van der Waals surface area contributed by atoms with E-state index in [4.69, 9.17) is 9.47 Å². The maximum Gasteiger partial charge on any atom is 0.182 e. The smallest absolute Gasteiger partial charge is 0.182 e. The van der Waals surface area contributed by atoms with Gasteiger partial charge in [-0.15, -0.1) is 10.2 Å². The molecule has 0 saturated carbocycles. The van der Waals surface area contributed by atoms with Crippen LogP contribution < -0.4 is 20.1 Å². The lowest BCUT2D eigenvalue weighted by Gasteiger charge is -2.14. The number of fused-ring (bicyclic) bond motifs is 2. The molecule has 290 valence electrons. The zero-order valence-corrected chi connectivity index (χ0v) is 33.8. The Morgan fingerprint density at radius 2 is 0.836 bits per heavy atom. The van der Waals surface area contributed by atoms with Crippen molar-refractivity contribution in [1.29, 1.82) is 0 Å². The van der Waals surface area contributed by atoms with E-state index in [9.17, 15) is 0 Å². The van der Waals surface area contributed by atoms with Gasteiger partial charge in [0.25, 0.3) is 0 Å². The van der Waals surface area contributed by atoms with Gasteiger partial charge < -0.3 is 20.1 Å². The summed E-state index contributed by atoms with van der Waals surface area (Å²) >= 11 is 0. The lowest BCUT2D eigenvalue weighted by Crippen LogP contribution is -2.26. The van der Waals surface area contributed by atoms with Crippen molar-refractivity contribution in [2.45, 2.75) is 94.7 Å². The molecule has 2 aromatic heterocycles. The molecule has 4 heterocycles. The molecule has 2 aliphatic rings. The molecule has 0 spiro atoms. The molecule has 0 unspecified atom stereocenters. The second-order valence-corrected chi connectivity index (χ2v) is 11.2. The predicted octanol–water partition coefficient (Wildman–Crippen LogP) is 9.59. The molecule has 10 heteroatoms. The number of nitrogens with one attached hydrogen (secondary N) is 2. The summed E-state index contributed by atoms with van der Waals surface area (Å²) in [5.41, 5.74) is 8.12. The second kappa shape index (κ2) is 25.4. The fourth-order valence-corrected chi connectivity index (χ4v) is 5.22. The summed E-state index contributed by atoms with van der Waals surface area (Å²) in [6.45, 7) is 20.3. The van der Waals surface area contributed by atoms with Crippen LogP contribution in [0.25, 0.3) is 22.8 Å². The van der Waals surface area contributed by atoms with Crippen LogP contribution in [0.4, 0.5) is 0 Å². The fourth-order valence-electron chi connectivity index (χ4n) is 5.22. The molecule has 4 aromatic carbocycles. The quantitative estimate of drug-likeness (QED) is 0.156. The maximum atomic E-state index is 5.81. The van der Waals surface area contributed by atoms with Gasteiger partial charge in [0.05, 0.1) is 22.8 Å². The minimum Gasteiger partial charge on any atom is -0.489 e. The van der Waals surface area contributed by atoms with E-state index < -0.39 is 0 Å². The summed E-state index contributed by atoms with van der Waals surface area (Å²) in [6, 6.07) is 35.9. The molecular formula is C45H58N8O2. The van der Waals surface area contributed by atoms with Crippen molar-refractivity contribution >= 4 is 0 Å². The van der Waals surface area contributed by atoms with Crippen LogP contribution >= 0.6 is 0 Å². The van der Waals surface area contributed by atoms with Crippen molar-refractivity contribution < 1.29 is 9.47 Å². The van der Waals surface area contributed by atoms with Crippen LogP contribution in [0.15, 0.2) is 109 Å². The Labute approximate surface area is 328 Å². The van der Waals surface area contributed by atoms with E-state index in [0.717, 1.165) is 89.1 Å². The summed E-state index contributed by atoms with van der Waals surface area (Å²) in [4.78, 5) is 9.22. The van der Waals surface area contributed by atoms with Crippen LogP contribution in [0.1, 0.15) is 89.3 Å². The molecule has 0 radical (unpaired) electrons. The molecule has 10 nitrogen and oxygen atoms in total. The van der Waals surface area contributed by atoms with Crippen molar-refractivity contribution in [3.05, 3.63) is 143 Å². The molecule has 55 heavy (non-hydrogen) atoms. The average molecular weight is 743 g/mol. The highest BCUT2D eigenvalue weighted by atomic mass is 16.5. The lowest BCUT2D eigenvalue weighted by molar-refractivity contribution is 0.306. The number of ether oxygens (including phenoxy) is 2. The monoisotopic (exact) mass is 742 g/mol. The third-order valence-corrected chi connectivity index (χ3v) is 7.82. The molecule has 0 saturated heterocycles. The van der Waals surface area contributed by atoms with Crippen molar-refractivity contribution in [1.82, 2.24) is 41.0 Å². The second-order valence-electron chi connectivity index (χ2n) is 11.2. The van der Waals surface area contributed by atoms with E-state index in [1.807, 2.05) is 152 Å². The molecule has 0 amide bonds. The Morgan fingerprint density at radius 1 is 0.436 bits per heavy atom. The third-order valence-electron chi connectivity index (χ3n) is 7.82. The van der Waals surface area contributed by atoms with Gasteiger partial charge in [-0.1, -0.05) is 116 Å². The summed E-state index contributed by atoms with van der Waals surface area (Å²) in [6.07, 6.45) is 0.899. The van der Waals surface area contributed by atoms with Gasteiger partial charge in [-0.25, -0.2) is 9.97 Å². The van der Waals surface area contributed by atoms with Gasteiger partial charge in [0.15, 0.2) is 11.6 Å². The molecule has 0 aliphatic carbocycles. The first-order valence-electron chi connectivity index (χ1n) is 19.7. The summed E-state index contributed by atoms with van der Waals surface area (Å²) in [5.74, 6) is 2.98.